The zero-order valence-electron chi connectivity index (χ0n) is 14.6. The molecule has 0 saturated carbocycles. The summed E-state index contributed by atoms with van der Waals surface area (Å²) in [7, 11) is 0. The predicted molar refractivity (Wildman–Crippen MR) is 104 cm³/mol. The van der Waals surface area contributed by atoms with E-state index in [1.54, 1.807) is 12.1 Å². The number of aliphatic hydroxyl groups is 2. The van der Waals surface area contributed by atoms with Gasteiger partial charge in [0.1, 0.15) is 5.75 Å². The first-order valence-corrected chi connectivity index (χ1v) is 8.51. The van der Waals surface area contributed by atoms with Crippen molar-refractivity contribution in [1.82, 2.24) is 4.98 Å². The minimum Gasteiger partial charge on any atom is -0.411 e. The summed E-state index contributed by atoms with van der Waals surface area (Å²) in [4.78, 5) is 7.76. The quantitative estimate of drug-likeness (QED) is 0.420. The van der Waals surface area contributed by atoms with E-state index in [2.05, 4.69) is 33.8 Å². The molecule has 3 rings (SSSR count). The van der Waals surface area contributed by atoms with Gasteiger partial charge in [0.05, 0.1) is 6.61 Å². The fraction of sp³-hybridized carbons (Fsp3) is 0.238. The molecule has 0 saturated heterocycles. The highest BCUT2D eigenvalue weighted by atomic mass is 16.6. The number of H-pyrrole nitrogens is 1. The Kier molecular flexibility index (Phi) is 8.24. The number of benzene rings is 2. The standard InChI is InChI=1S/C11H13NO.C10H11NO2/c13-7-3-4-9-8-12-11-6-2-1-5-10(9)11;11-13-10-6-3-5-9(8-10)4-1-2-7-12/h1-2,5-6,8,12-13H,3-4,7H2;3,5-6,8,12H,2,7,11H2. The molecule has 1 heterocycles. The van der Waals surface area contributed by atoms with Crippen molar-refractivity contribution in [3.63, 3.8) is 0 Å². The molecule has 5 nitrogen and oxygen atoms in total. The number of rotatable bonds is 5. The highest BCUT2D eigenvalue weighted by molar-refractivity contribution is 5.82. The van der Waals surface area contributed by atoms with Gasteiger partial charge in [-0.25, -0.2) is 0 Å². The maximum absolute atomic E-state index is 8.73. The lowest BCUT2D eigenvalue weighted by atomic mass is 10.1. The molecule has 0 aliphatic rings. The van der Waals surface area contributed by atoms with Gasteiger partial charge in [0.25, 0.3) is 0 Å². The molecular formula is C21H24N2O3. The van der Waals surface area contributed by atoms with Crippen molar-refractivity contribution in [2.24, 2.45) is 5.90 Å². The molecule has 0 bridgehead atoms. The first-order chi connectivity index (χ1) is 12.8. The topological polar surface area (TPSA) is 91.5 Å². The van der Waals surface area contributed by atoms with Crippen LogP contribution in [-0.4, -0.2) is 28.4 Å². The van der Waals surface area contributed by atoms with Crippen LogP contribution < -0.4 is 10.7 Å². The fourth-order valence-electron chi connectivity index (χ4n) is 2.48. The van der Waals surface area contributed by atoms with Crippen molar-refractivity contribution >= 4 is 10.9 Å². The molecule has 0 atom stereocenters. The molecule has 0 aliphatic carbocycles. The highest BCUT2D eigenvalue weighted by Gasteiger charge is 2.01. The van der Waals surface area contributed by atoms with E-state index < -0.39 is 0 Å². The Bertz CT molecular complexity index is 862. The van der Waals surface area contributed by atoms with Crippen LogP contribution in [0.5, 0.6) is 5.75 Å². The molecule has 0 aliphatic heterocycles. The van der Waals surface area contributed by atoms with Gasteiger partial charge in [-0.15, -0.1) is 0 Å². The molecule has 0 spiro atoms. The van der Waals surface area contributed by atoms with Crippen LogP contribution in [0, 0.1) is 11.8 Å². The number of aryl methyl sites for hydroxylation is 1. The second-order valence-corrected chi connectivity index (χ2v) is 5.61. The smallest absolute Gasteiger partial charge is 0.148 e. The number of hydrogen-bond donors (Lipinski definition) is 4. The molecule has 0 amide bonds. The normalized spacial score (nSPS) is 9.81. The number of nitrogens with one attached hydrogen (secondary N) is 1. The van der Waals surface area contributed by atoms with Crippen LogP contribution in [0.1, 0.15) is 24.0 Å². The zero-order chi connectivity index (χ0) is 18.6. The summed E-state index contributed by atoms with van der Waals surface area (Å²) in [6.45, 7) is 0.347. The monoisotopic (exact) mass is 352 g/mol. The van der Waals surface area contributed by atoms with Crippen molar-refractivity contribution in [2.75, 3.05) is 13.2 Å². The number of para-hydroxylation sites is 1. The van der Waals surface area contributed by atoms with Gasteiger partial charge in [-0.3, -0.25) is 0 Å². The summed E-state index contributed by atoms with van der Waals surface area (Å²) in [5, 5.41) is 18.5. The lowest BCUT2D eigenvalue weighted by molar-refractivity contribution is 0.289. The maximum atomic E-state index is 8.73. The maximum Gasteiger partial charge on any atom is 0.148 e. The van der Waals surface area contributed by atoms with Gasteiger partial charge < -0.3 is 20.0 Å². The Morgan fingerprint density at radius 2 is 1.88 bits per heavy atom. The average Bonchev–Trinajstić information content (AvgIpc) is 3.10. The van der Waals surface area contributed by atoms with E-state index in [4.69, 9.17) is 16.1 Å². The van der Waals surface area contributed by atoms with Gasteiger partial charge in [0, 0.05) is 35.7 Å². The van der Waals surface area contributed by atoms with Crippen molar-refractivity contribution in [1.29, 1.82) is 0 Å². The van der Waals surface area contributed by atoms with Crippen molar-refractivity contribution in [2.45, 2.75) is 19.3 Å². The number of aromatic nitrogens is 1. The number of nitrogens with two attached hydrogens (primary N) is 1. The average molecular weight is 352 g/mol. The first kappa shape index (κ1) is 19.5. The molecule has 2 aromatic carbocycles. The Labute approximate surface area is 153 Å². The van der Waals surface area contributed by atoms with E-state index >= 15 is 0 Å². The summed E-state index contributed by atoms with van der Waals surface area (Å²) in [5.41, 5.74) is 3.30. The summed E-state index contributed by atoms with van der Waals surface area (Å²) in [6.07, 6.45) is 4.29. The molecule has 5 heteroatoms. The Morgan fingerprint density at radius 3 is 2.65 bits per heavy atom. The third-order valence-corrected chi connectivity index (χ3v) is 3.72. The minimum atomic E-state index is 0.0834. The van der Waals surface area contributed by atoms with Crippen LogP contribution >= 0.6 is 0 Å². The van der Waals surface area contributed by atoms with Gasteiger partial charge in [0.2, 0.25) is 0 Å². The predicted octanol–water partition coefficient (Wildman–Crippen LogP) is 2.77. The Balaban J connectivity index is 0.000000187. The second-order valence-electron chi connectivity index (χ2n) is 5.61. The van der Waals surface area contributed by atoms with E-state index in [0.717, 1.165) is 18.4 Å². The highest BCUT2D eigenvalue weighted by Crippen LogP contribution is 2.18. The van der Waals surface area contributed by atoms with Crippen molar-refractivity contribution in [3.05, 3.63) is 65.9 Å². The fourth-order valence-corrected chi connectivity index (χ4v) is 2.48. The molecular weight excluding hydrogens is 328 g/mol. The van der Waals surface area contributed by atoms with Crippen LogP contribution in [0.4, 0.5) is 0 Å². The molecule has 0 fully saturated rings. The van der Waals surface area contributed by atoms with Crippen molar-refractivity contribution < 1.29 is 15.1 Å². The van der Waals surface area contributed by atoms with Crippen LogP contribution in [0.25, 0.3) is 10.9 Å². The third kappa shape index (κ3) is 5.94. The molecule has 0 radical (unpaired) electrons. The van der Waals surface area contributed by atoms with Crippen LogP contribution in [-0.2, 0) is 6.42 Å². The second kappa shape index (κ2) is 11.0. The van der Waals surface area contributed by atoms with Crippen LogP contribution in [0.15, 0.2) is 54.7 Å². The van der Waals surface area contributed by atoms with E-state index in [1.807, 2.05) is 30.5 Å². The van der Waals surface area contributed by atoms with Gasteiger partial charge >= 0.3 is 0 Å². The number of hydrogen-bond acceptors (Lipinski definition) is 4. The summed E-state index contributed by atoms with van der Waals surface area (Å²) in [5.74, 6) is 11.2. The summed E-state index contributed by atoms with van der Waals surface area (Å²) in [6, 6.07) is 15.4. The summed E-state index contributed by atoms with van der Waals surface area (Å²) < 4.78 is 0. The van der Waals surface area contributed by atoms with Gasteiger partial charge in [-0.2, -0.15) is 5.90 Å². The number of aliphatic hydroxyl groups excluding tert-OH is 2. The van der Waals surface area contributed by atoms with E-state index in [1.165, 1.54) is 16.5 Å². The van der Waals surface area contributed by atoms with E-state index in [9.17, 15) is 0 Å². The third-order valence-electron chi connectivity index (χ3n) is 3.72. The lowest BCUT2D eigenvalue weighted by Crippen LogP contribution is -2.01. The van der Waals surface area contributed by atoms with Crippen molar-refractivity contribution in [3.8, 4) is 17.6 Å². The Morgan fingerprint density at radius 1 is 1.04 bits per heavy atom. The van der Waals surface area contributed by atoms with Gasteiger partial charge in [-0.05, 0) is 42.7 Å². The summed E-state index contributed by atoms with van der Waals surface area (Å²) >= 11 is 0. The lowest BCUT2D eigenvalue weighted by Gasteiger charge is -1.96. The largest absolute Gasteiger partial charge is 0.411 e. The first-order valence-electron chi connectivity index (χ1n) is 8.51. The van der Waals surface area contributed by atoms with Gasteiger partial charge in [-0.1, -0.05) is 36.1 Å². The van der Waals surface area contributed by atoms with E-state index in [0.29, 0.717) is 12.2 Å². The molecule has 136 valence electrons. The van der Waals surface area contributed by atoms with Crippen LogP contribution in [0.3, 0.4) is 0 Å². The van der Waals surface area contributed by atoms with Gasteiger partial charge in [0.15, 0.2) is 0 Å². The van der Waals surface area contributed by atoms with Crippen LogP contribution in [0.2, 0.25) is 0 Å². The molecule has 0 unspecified atom stereocenters. The minimum absolute atomic E-state index is 0.0834. The number of fused-ring (bicyclic) bond motifs is 1. The Hall–Kier alpha value is -2.78. The molecule has 26 heavy (non-hydrogen) atoms. The molecule has 3 aromatic rings. The SMILES string of the molecule is NOc1cccc(C#CCCO)c1.OCCCc1c[nH]c2ccccc12. The number of aromatic amines is 1. The van der Waals surface area contributed by atoms with E-state index in [-0.39, 0.29) is 13.2 Å². The zero-order valence-corrected chi connectivity index (χ0v) is 14.6. The molecule has 5 N–H and O–H groups in total. The molecule has 1 aromatic heterocycles.